The van der Waals surface area contributed by atoms with Gasteiger partial charge < -0.3 is 35.6 Å². The molecule has 6 N–H and O–H groups in total. The van der Waals surface area contributed by atoms with Crippen LogP contribution < -0.4 is 21.7 Å². The van der Waals surface area contributed by atoms with Crippen molar-refractivity contribution in [1.82, 2.24) is 31.0 Å². The summed E-state index contributed by atoms with van der Waals surface area (Å²) in [6.07, 6.45) is 4.22. The normalized spacial score (nSPS) is 12.7. The minimum absolute atomic E-state index is 0. The number of nitrogens with two attached hydrogens (primary N) is 1. The third-order valence-corrected chi connectivity index (χ3v) is 9.03. The Morgan fingerprint density at radius 2 is 1.09 bits per heavy atom. The Labute approximate surface area is 348 Å². The van der Waals surface area contributed by atoms with Crippen LogP contribution in [0.15, 0.2) is 93.8 Å². The van der Waals surface area contributed by atoms with Crippen molar-refractivity contribution in [3.8, 4) is 22.9 Å². The fourth-order valence-corrected chi connectivity index (χ4v) is 5.14. The Hall–Kier alpha value is -6.29. The molecule has 0 unspecified atom stereocenters. The maximum Gasteiger partial charge on any atom is 0.393 e. The van der Waals surface area contributed by atoms with Gasteiger partial charge in [-0.05, 0) is 123 Å². The minimum Gasteiger partial charge on any atom is -0.474 e. The highest BCUT2D eigenvalue weighted by atomic mass is 35.5. The molecule has 2 heterocycles. The summed E-state index contributed by atoms with van der Waals surface area (Å²) in [4.78, 5) is 46.8. The number of nitrogen functional groups attached to an aromatic ring is 1. The van der Waals surface area contributed by atoms with E-state index in [2.05, 4.69) is 36.3 Å². The summed E-state index contributed by atoms with van der Waals surface area (Å²) in [5.74, 6) is -2.18. The Morgan fingerprint density at radius 3 is 1.53 bits per heavy atom. The van der Waals surface area contributed by atoms with Crippen LogP contribution in [0, 0.1) is 13.8 Å². The number of carboxylic acid groups (broad SMARTS) is 1. The number of halogens is 3. The average Bonchev–Trinajstić information content (AvgIpc) is 4.08. The van der Waals surface area contributed by atoms with Gasteiger partial charge in [-0.2, -0.15) is 0 Å². The summed E-state index contributed by atoms with van der Waals surface area (Å²) in [7, 11) is 0. The number of anilines is 2. The second kappa shape index (κ2) is 19.2. The Kier molecular flexibility index (Phi) is 14.2. The summed E-state index contributed by atoms with van der Waals surface area (Å²) >= 11 is 11.6. The second-order valence-electron chi connectivity index (χ2n) is 13.2. The molecule has 0 spiro atoms. The van der Waals surface area contributed by atoms with Crippen LogP contribution in [0.1, 0.15) is 78.9 Å². The van der Waals surface area contributed by atoms with E-state index < -0.39 is 17.8 Å². The van der Waals surface area contributed by atoms with Crippen LogP contribution in [0.25, 0.3) is 22.9 Å². The van der Waals surface area contributed by atoms with Gasteiger partial charge in [0.1, 0.15) is 0 Å². The lowest BCUT2D eigenvalue weighted by molar-refractivity contribution is 0.0653. The molecular formula is C40H37Cl3N8O7. The molecular weight excluding hydrogens is 811 g/mol. The molecule has 2 aromatic heterocycles. The van der Waals surface area contributed by atoms with E-state index in [0.717, 1.165) is 36.8 Å². The van der Waals surface area contributed by atoms with Crippen molar-refractivity contribution in [2.24, 2.45) is 0 Å². The predicted octanol–water partition coefficient (Wildman–Crippen LogP) is 7.82. The summed E-state index contributed by atoms with van der Waals surface area (Å²) < 4.78 is 10.4. The number of aromatic nitrogens is 4. The van der Waals surface area contributed by atoms with E-state index in [4.69, 9.17) is 42.9 Å². The van der Waals surface area contributed by atoms with Gasteiger partial charge in [-0.1, -0.05) is 35.3 Å². The zero-order valence-electron chi connectivity index (χ0n) is 31.0. The van der Waals surface area contributed by atoms with E-state index in [1.54, 1.807) is 72.8 Å². The van der Waals surface area contributed by atoms with Gasteiger partial charge in [0, 0.05) is 55.8 Å². The molecule has 4 aromatic carbocycles. The molecule has 0 bridgehead atoms. The maximum absolute atomic E-state index is 12.5. The highest BCUT2D eigenvalue weighted by Gasteiger charge is 2.25. The number of nitrogens with one attached hydrogen (secondary N) is 3. The van der Waals surface area contributed by atoms with Gasteiger partial charge in [0.2, 0.25) is 11.8 Å². The molecule has 2 saturated carbocycles. The maximum atomic E-state index is 12.5. The number of amides is 3. The van der Waals surface area contributed by atoms with Crippen LogP contribution in [-0.2, 0) is 0 Å². The summed E-state index contributed by atoms with van der Waals surface area (Å²) in [5.41, 5.74) is 11.2. The average molecular weight is 848 g/mol. The highest BCUT2D eigenvalue weighted by molar-refractivity contribution is 6.30. The zero-order valence-corrected chi connectivity index (χ0v) is 33.3. The molecule has 0 atom stereocenters. The van der Waals surface area contributed by atoms with Crippen molar-refractivity contribution in [2.75, 3.05) is 11.1 Å². The van der Waals surface area contributed by atoms with Crippen molar-refractivity contribution in [3.63, 3.8) is 0 Å². The van der Waals surface area contributed by atoms with Gasteiger partial charge in [0.05, 0.1) is 0 Å². The van der Waals surface area contributed by atoms with E-state index in [-0.39, 0.29) is 47.9 Å². The molecule has 0 radical (unpaired) electrons. The van der Waals surface area contributed by atoms with E-state index in [9.17, 15) is 19.2 Å². The van der Waals surface area contributed by atoms with Crippen molar-refractivity contribution >= 4 is 70.7 Å². The van der Waals surface area contributed by atoms with E-state index >= 15 is 0 Å². The number of carbonyl (C=O) groups is 4. The fourth-order valence-electron chi connectivity index (χ4n) is 4.89. The van der Waals surface area contributed by atoms with Gasteiger partial charge in [0.15, 0.2) is 0 Å². The van der Waals surface area contributed by atoms with Crippen LogP contribution in [0.3, 0.4) is 0 Å². The van der Waals surface area contributed by atoms with Crippen molar-refractivity contribution in [2.45, 2.75) is 51.6 Å². The number of hydrogen-bond donors (Lipinski definition) is 5. The second-order valence-corrected chi connectivity index (χ2v) is 14.1. The van der Waals surface area contributed by atoms with Crippen LogP contribution >= 0.6 is 35.6 Å². The number of aryl methyl sites for hydroxylation is 2. The van der Waals surface area contributed by atoms with Crippen LogP contribution in [-0.4, -0.2) is 61.3 Å². The monoisotopic (exact) mass is 846 g/mol. The lowest BCUT2D eigenvalue weighted by Crippen LogP contribution is -2.25. The lowest BCUT2D eigenvalue weighted by atomic mass is 10.1. The summed E-state index contributed by atoms with van der Waals surface area (Å²) in [6, 6.07) is 24.7. The topological polar surface area (TPSA) is 228 Å². The van der Waals surface area contributed by atoms with Crippen molar-refractivity contribution in [1.29, 1.82) is 0 Å². The van der Waals surface area contributed by atoms with Crippen LogP contribution in [0.2, 0.25) is 10.0 Å². The molecule has 0 saturated heterocycles. The number of nitrogens with zero attached hydrogens (tertiary/aromatic N) is 4. The van der Waals surface area contributed by atoms with Gasteiger partial charge in [-0.3, -0.25) is 14.4 Å². The van der Waals surface area contributed by atoms with Crippen molar-refractivity contribution in [3.05, 3.63) is 129 Å². The molecule has 15 nitrogen and oxygen atoms in total. The summed E-state index contributed by atoms with van der Waals surface area (Å²) in [5, 5.41) is 33.0. The molecule has 18 heteroatoms. The first-order chi connectivity index (χ1) is 27.3. The number of benzene rings is 4. The number of hydrogen-bond acceptors (Lipinski definition) is 11. The van der Waals surface area contributed by atoms with Crippen molar-refractivity contribution < 1.29 is 33.1 Å². The molecule has 0 aliphatic heterocycles. The standard InChI is InChI=1S/C20H17ClN4O3.C11H14N2O.C9H5ClN2O3.ClH/c1-11-2-3-13(17(26)22-15-8-9-15)10-16(11)23-18(27)20-25-24-19(28-20)12-4-6-14(21)7-5-12;1-7-2-3-8(6-10(7)12)11(14)13-9-4-5-9;10-6-3-1-5(2-4-6)7-11-12-8(15-7)9(13)14;/h2-7,10,15H,8-9H2,1H3,(H,22,26)(H,23,27);2-3,6,9H,4-5,12H2,1H3,(H,13,14);1-4H,(H,13,14);1H. The molecule has 300 valence electrons. The minimum atomic E-state index is -1.25. The number of carbonyl (C=O) groups excluding carboxylic acids is 3. The van der Waals surface area contributed by atoms with Gasteiger partial charge in [-0.25, -0.2) is 4.79 Å². The molecule has 2 fully saturated rings. The SMILES string of the molecule is Cc1ccc(C(=O)NC2CC2)cc1N.Cc1ccc(C(=O)NC2CC2)cc1NC(=O)c1nnc(-c2ccc(Cl)cc2)o1.Cl.O=C(O)c1nnc(-c2ccc(Cl)cc2)o1. The lowest BCUT2D eigenvalue weighted by Gasteiger charge is -2.09. The first-order valence-electron chi connectivity index (χ1n) is 17.6. The van der Waals surface area contributed by atoms with E-state index in [1.165, 1.54) is 0 Å². The fraction of sp³-hybridized carbons (Fsp3) is 0.200. The molecule has 8 rings (SSSR count). The predicted molar refractivity (Wildman–Crippen MR) is 219 cm³/mol. The highest BCUT2D eigenvalue weighted by Crippen LogP contribution is 2.24. The first-order valence-corrected chi connectivity index (χ1v) is 18.4. The molecule has 2 aliphatic rings. The largest absolute Gasteiger partial charge is 0.474 e. The number of aromatic carboxylic acids is 1. The van der Waals surface area contributed by atoms with Gasteiger partial charge >= 0.3 is 23.7 Å². The molecule has 2 aliphatic carbocycles. The summed E-state index contributed by atoms with van der Waals surface area (Å²) in [6.45, 7) is 3.77. The Morgan fingerprint density at radius 1 is 0.638 bits per heavy atom. The number of carboxylic acids is 1. The van der Waals surface area contributed by atoms with Crippen LogP contribution in [0.5, 0.6) is 0 Å². The molecule has 3 amide bonds. The molecule has 6 aromatic rings. The van der Waals surface area contributed by atoms with Gasteiger partial charge in [-0.15, -0.1) is 32.8 Å². The zero-order chi connectivity index (χ0) is 40.6. The first kappa shape index (κ1) is 42.8. The Bertz CT molecular complexity index is 2410. The van der Waals surface area contributed by atoms with Gasteiger partial charge in [0.25, 0.3) is 11.8 Å². The third-order valence-electron chi connectivity index (χ3n) is 8.52. The molecule has 58 heavy (non-hydrogen) atoms. The van der Waals surface area contributed by atoms with Crippen LogP contribution in [0.4, 0.5) is 11.4 Å². The quantitative estimate of drug-likeness (QED) is 0.0878. The Balaban J connectivity index is 0.000000180. The smallest absolute Gasteiger partial charge is 0.393 e. The van der Waals surface area contributed by atoms with E-state index in [1.807, 2.05) is 26.0 Å². The van der Waals surface area contributed by atoms with E-state index in [0.29, 0.717) is 49.7 Å². The third kappa shape index (κ3) is 11.9. The number of rotatable bonds is 9.